The second-order valence-corrected chi connectivity index (χ2v) is 5.30. The number of carbonyl (C=O) groups is 2. The number of aliphatic carboxylic acids is 1. The van der Waals surface area contributed by atoms with Crippen LogP contribution in [-0.2, 0) is 9.59 Å². The maximum absolute atomic E-state index is 13.3. The van der Waals surface area contributed by atoms with E-state index in [1.807, 2.05) is 0 Å². The molecule has 1 unspecified atom stereocenters. The Kier molecular flexibility index (Phi) is 5.82. The Hall–Kier alpha value is -1.56. The fourth-order valence-corrected chi connectivity index (χ4v) is 2.14. The molecule has 2 N–H and O–H groups in total. The van der Waals surface area contributed by atoms with Gasteiger partial charge in [0, 0.05) is 11.4 Å². The SMILES string of the molecule is Cc1ccc(NC(=O)CSCC(C)C(=O)O)cc1F. The number of anilines is 1. The number of rotatable bonds is 6. The molecule has 1 atom stereocenters. The van der Waals surface area contributed by atoms with Crippen molar-refractivity contribution in [3.05, 3.63) is 29.6 Å². The van der Waals surface area contributed by atoms with Gasteiger partial charge in [-0.15, -0.1) is 0 Å². The highest BCUT2D eigenvalue weighted by atomic mass is 32.2. The molecule has 0 saturated carbocycles. The normalized spacial score (nSPS) is 11.9. The first-order valence-corrected chi connectivity index (χ1v) is 6.92. The first-order chi connectivity index (χ1) is 8.90. The maximum Gasteiger partial charge on any atom is 0.307 e. The van der Waals surface area contributed by atoms with Gasteiger partial charge < -0.3 is 10.4 Å². The third kappa shape index (κ3) is 5.30. The van der Waals surface area contributed by atoms with E-state index in [2.05, 4.69) is 5.32 Å². The van der Waals surface area contributed by atoms with Crippen LogP contribution in [-0.4, -0.2) is 28.5 Å². The first-order valence-electron chi connectivity index (χ1n) is 5.76. The van der Waals surface area contributed by atoms with Crippen molar-refractivity contribution in [2.24, 2.45) is 5.92 Å². The van der Waals surface area contributed by atoms with Crippen LogP contribution in [0.3, 0.4) is 0 Å². The van der Waals surface area contributed by atoms with E-state index in [0.29, 0.717) is 17.0 Å². The van der Waals surface area contributed by atoms with Gasteiger partial charge in [0.15, 0.2) is 0 Å². The number of carbonyl (C=O) groups excluding carboxylic acids is 1. The third-order valence-corrected chi connectivity index (χ3v) is 3.68. The first kappa shape index (κ1) is 15.5. The number of carboxylic acids is 1. The summed E-state index contributed by atoms with van der Waals surface area (Å²) in [4.78, 5) is 22.1. The zero-order valence-corrected chi connectivity index (χ0v) is 11.6. The van der Waals surface area contributed by atoms with Crippen LogP contribution in [0, 0.1) is 18.7 Å². The van der Waals surface area contributed by atoms with Crippen molar-refractivity contribution in [3.63, 3.8) is 0 Å². The Morgan fingerprint density at radius 1 is 1.47 bits per heavy atom. The van der Waals surface area contributed by atoms with Crippen LogP contribution in [0.2, 0.25) is 0 Å². The summed E-state index contributed by atoms with van der Waals surface area (Å²) < 4.78 is 13.3. The van der Waals surface area contributed by atoms with E-state index in [1.54, 1.807) is 26.0 Å². The summed E-state index contributed by atoms with van der Waals surface area (Å²) in [6.45, 7) is 3.23. The predicted molar refractivity (Wildman–Crippen MR) is 73.9 cm³/mol. The van der Waals surface area contributed by atoms with Crippen molar-refractivity contribution >= 4 is 29.3 Å². The highest BCUT2D eigenvalue weighted by molar-refractivity contribution is 8.00. The maximum atomic E-state index is 13.3. The molecule has 1 amide bonds. The summed E-state index contributed by atoms with van der Waals surface area (Å²) in [5, 5.41) is 11.2. The number of aryl methyl sites for hydroxylation is 1. The monoisotopic (exact) mass is 285 g/mol. The van der Waals surface area contributed by atoms with Gasteiger partial charge in [-0.2, -0.15) is 11.8 Å². The number of thioether (sulfide) groups is 1. The van der Waals surface area contributed by atoms with Crippen LogP contribution in [0.4, 0.5) is 10.1 Å². The van der Waals surface area contributed by atoms with E-state index in [4.69, 9.17) is 5.11 Å². The second-order valence-electron chi connectivity index (χ2n) is 4.27. The molecule has 1 rings (SSSR count). The fraction of sp³-hybridized carbons (Fsp3) is 0.385. The van der Waals surface area contributed by atoms with Crippen LogP contribution in [0.15, 0.2) is 18.2 Å². The lowest BCUT2D eigenvalue weighted by atomic mass is 10.2. The van der Waals surface area contributed by atoms with Crippen LogP contribution in [0.1, 0.15) is 12.5 Å². The van der Waals surface area contributed by atoms with E-state index in [1.165, 1.54) is 17.8 Å². The van der Waals surface area contributed by atoms with Crippen molar-refractivity contribution in [1.29, 1.82) is 0 Å². The third-order valence-electron chi connectivity index (χ3n) is 2.48. The zero-order valence-electron chi connectivity index (χ0n) is 10.8. The second kappa shape index (κ2) is 7.13. The van der Waals surface area contributed by atoms with Gasteiger partial charge in [-0.05, 0) is 24.6 Å². The molecule has 0 saturated heterocycles. The highest BCUT2D eigenvalue weighted by Crippen LogP contribution is 2.14. The lowest BCUT2D eigenvalue weighted by Crippen LogP contribution is -2.17. The van der Waals surface area contributed by atoms with Crippen molar-refractivity contribution in [1.82, 2.24) is 0 Å². The van der Waals surface area contributed by atoms with Gasteiger partial charge in [-0.3, -0.25) is 9.59 Å². The van der Waals surface area contributed by atoms with E-state index < -0.39 is 11.9 Å². The molecule has 6 heteroatoms. The van der Waals surface area contributed by atoms with Crippen molar-refractivity contribution < 1.29 is 19.1 Å². The molecule has 4 nitrogen and oxygen atoms in total. The molecule has 0 radical (unpaired) electrons. The zero-order chi connectivity index (χ0) is 14.4. The molecular formula is C13H16FNO3S. The summed E-state index contributed by atoms with van der Waals surface area (Å²) in [5.41, 5.74) is 0.919. The molecule has 1 aromatic carbocycles. The minimum Gasteiger partial charge on any atom is -0.481 e. The molecule has 1 aromatic rings. The van der Waals surface area contributed by atoms with Crippen LogP contribution < -0.4 is 5.32 Å². The number of nitrogens with one attached hydrogen (secondary N) is 1. The molecule has 104 valence electrons. The summed E-state index contributed by atoms with van der Waals surface area (Å²) >= 11 is 1.24. The van der Waals surface area contributed by atoms with Gasteiger partial charge in [0.05, 0.1) is 11.7 Å². The average molecular weight is 285 g/mol. The number of hydrogen-bond acceptors (Lipinski definition) is 3. The molecule has 0 aliphatic rings. The largest absolute Gasteiger partial charge is 0.481 e. The van der Waals surface area contributed by atoms with Gasteiger partial charge in [0.1, 0.15) is 5.82 Å². The summed E-state index contributed by atoms with van der Waals surface area (Å²) in [6, 6.07) is 4.48. The minimum absolute atomic E-state index is 0.146. The van der Waals surface area contributed by atoms with Crippen LogP contribution >= 0.6 is 11.8 Å². The molecule has 0 heterocycles. The number of halogens is 1. The average Bonchev–Trinajstić information content (AvgIpc) is 2.33. The van der Waals surface area contributed by atoms with E-state index in [9.17, 15) is 14.0 Å². The Balaban J connectivity index is 2.39. The lowest BCUT2D eigenvalue weighted by Gasteiger charge is -2.07. The summed E-state index contributed by atoms with van der Waals surface area (Å²) in [5.74, 6) is -1.50. The Labute approximate surface area is 115 Å². The van der Waals surface area contributed by atoms with Gasteiger partial charge in [-0.1, -0.05) is 13.0 Å². The molecular weight excluding hydrogens is 269 g/mol. The Morgan fingerprint density at radius 2 is 2.16 bits per heavy atom. The summed E-state index contributed by atoms with van der Waals surface area (Å²) in [7, 11) is 0. The predicted octanol–water partition coefficient (Wildman–Crippen LogP) is 2.53. The van der Waals surface area contributed by atoms with Crippen molar-refractivity contribution in [2.45, 2.75) is 13.8 Å². The highest BCUT2D eigenvalue weighted by Gasteiger charge is 2.12. The molecule has 0 spiro atoms. The van der Waals surface area contributed by atoms with E-state index in [0.717, 1.165) is 0 Å². The van der Waals surface area contributed by atoms with E-state index in [-0.39, 0.29) is 17.5 Å². The fourth-order valence-electron chi connectivity index (χ4n) is 1.27. The Morgan fingerprint density at radius 3 is 2.74 bits per heavy atom. The molecule has 19 heavy (non-hydrogen) atoms. The van der Waals surface area contributed by atoms with Crippen molar-refractivity contribution in [3.8, 4) is 0 Å². The van der Waals surface area contributed by atoms with Crippen LogP contribution in [0.25, 0.3) is 0 Å². The van der Waals surface area contributed by atoms with Gasteiger partial charge in [-0.25, -0.2) is 4.39 Å². The van der Waals surface area contributed by atoms with E-state index >= 15 is 0 Å². The lowest BCUT2D eigenvalue weighted by molar-refractivity contribution is -0.140. The number of hydrogen-bond donors (Lipinski definition) is 2. The smallest absolute Gasteiger partial charge is 0.307 e. The molecule has 0 aromatic heterocycles. The Bertz CT molecular complexity index is 479. The number of carboxylic acid groups (broad SMARTS) is 1. The van der Waals surface area contributed by atoms with Crippen molar-refractivity contribution in [2.75, 3.05) is 16.8 Å². The van der Waals surface area contributed by atoms with Crippen LogP contribution in [0.5, 0.6) is 0 Å². The summed E-state index contributed by atoms with van der Waals surface area (Å²) in [6.07, 6.45) is 0. The van der Waals surface area contributed by atoms with Gasteiger partial charge >= 0.3 is 5.97 Å². The topological polar surface area (TPSA) is 66.4 Å². The molecule has 0 aliphatic carbocycles. The number of benzene rings is 1. The molecule has 0 fully saturated rings. The van der Waals surface area contributed by atoms with Gasteiger partial charge in [0.25, 0.3) is 0 Å². The standard InChI is InChI=1S/C13H16FNO3S/c1-8-3-4-10(5-11(8)14)15-12(16)7-19-6-9(2)13(17)18/h3-5,9H,6-7H2,1-2H3,(H,15,16)(H,17,18). The molecule has 0 aliphatic heterocycles. The quantitative estimate of drug-likeness (QED) is 0.843. The number of amides is 1. The van der Waals surface area contributed by atoms with Gasteiger partial charge in [0.2, 0.25) is 5.91 Å². The minimum atomic E-state index is -0.881. The molecule has 0 bridgehead atoms.